The molecule has 0 fully saturated rings. The highest BCUT2D eigenvalue weighted by molar-refractivity contribution is 7.11. The second kappa shape index (κ2) is 7.02. The minimum absolute atomic E-state index is 0.160. The maximum Gasteiger partial charge on any atom is 0.267 e. The molecule has 2 heterocycles. The summed E-state index contributed by atoms with van der Waals surface area (Å²) in [6.07, 6.45) is 3.45. The van der Waals surface area contributed by atoms with E-state index >= 15 is 0 Å². The van der Waals surface area contributed by atoms with Gasteiger partial charge in [-0.05, 0) is 37.3 Å². The molecule has 4 rings (SSSR count). The summed E-state index contributed by atoms with van der Waals surface area (Å²) in [5.41, 5.74) is 1.70. The van der Waals surface area contributed by atoms with Gasteiger partial charge in [0.05, 0.1) is 21.6 Å². The number of aromatic hydroxyl groups is 1. The Hall–Kier alpha value is -2.89. The highest BCUT2D eigenvalue weighted by Gasteiger charge is 2.16. The molecule has 6 heteroatoms. The quantitative estimate of drug-likeness (QED) is 0.514. The molecule has 1 N–H and O–H groups in total. The summed E-state index contributed by atoms with van der Waals surface area (Å²) >= 11 is 7.85. The van der Waals surface area contributed by atoms with Crippen molar-refractivity contribution in [2.75, 3.05) is 0 Å². The first-order chi connectivity index (χ1) is 13.1. The lowest BCUT2D eigenvalue weighted by molar-refractivity contribution is 0.474. The lowest BCUT2D eigenvalue weighted by Gasteiger charge is -2.12. The fourth-order valence-electron chi connectivity index (χ4n) is 2.94. The molecule has 0 aliphatic carbocycles. The van der Waals surface area contributed by atoms with Crippen LogP contribution in [0.4, 0.5) is 0 Å². The third-order valence-electron chi connectivity index (χ3n) is 4.28. The molecule has 4 nitrogen and oxygen atoms in total. The number of aromatic nitrogens is 2. The molecule has 4 aromatic rings. The number of rotatable bonds is 3. The third-order valence-corrected chi connectivity index (χ3v) is 5.50. The zero-order valence-electron chi connectivity index (χ0n) is 14.4. The molecule has 0 aliphatic heterocycles. The van der Waals surface area contributed by atoms with Gasteiger partial charge in [0.1, 0.15) is 11.6 Å². The number of benzene rings is 2. The first kappa shape index (κ1) is 17.5. The molecule has 0 bridgehead atoms. The van der Waals surface area contributed by atoms with E-state index < -0.39 is 0 Å². The lowest BCUT2D eigenvalue weighted by atomic mass is 10.2. The number of halogens is 1. The number of fused-ring (bicyclic) bond motifs is 1. The number of thiophene rings is 1. The fourth-order valence-corrected chi connectivity index (χ4v) is 3.93. The van der Waals surface area contributed by atoms with Crippen LogP contribution in [0, 0.1) is 6.92 Å². The van der Waals surface area contributed by atoms with Crippen LogP contribution in [0.2, 0.25) is 5.02 Å². The van der Waals surface area contributed by atoms with Crippen LogP contribution in [-0.4, -0.2) is 14.7 Å². The molecule has 0 spiro atoms. The van der Waals surface area contributed by atoms with Gasteiger partial charge in [0.2, 0.25) is 0 Å². The normalized spacial score (nSPS) is 11.5. The number of para-hydroxylation sites is 2. The van der Waals surface area contributed by atoms with E-state index in [9.17, 15) is 9.90 Å². The molecule has 0 saturated carbocycles. The standard InChI is InChI=1S/C21H15ClN2O2S/c1-13-20-16(12-27-13)23-19(11-10-14-6-2-5-9-18(14)25)24(21(20)26)17-8-4-3-7-15(17)22/h2-12,25H,1H3/b11-10+. The Morgan fingerprint density at radius 2 is 1.85 bits per heavy atom. The maximum absolute atomic E-state index is 13.2. The molecule has 134 valence electrons. The SMILES string of the molecule is Cc1scc2nc(/C=C/c3ccccc3O)n(-c3ccccc3Cl)c(=O)c12. The van der Waals surface area contributed by atoms with E-state index in [2.05, 4.69) is 4.98 Å². The Morgan fingerprint density at radius 3 is 2.63 bits per heavy atom. The predicted molar refractivity (Wildman–Crippen MR) is 112 cm³/mol. The van der Waals surface area contributed by atoms with E-state index in [4.69, 9.17) is 11.6 Å². The summed E-state index contributed by atoms with van der Waals surface area (Å²) in [7, 11) is 0. The van der Waals surface area contributed by atoms with Crippen LogP contribution >= 0.6 is 22.9 Å². The Kier molecular flexibility index (Phi) is 4.56. The van der Waals surface area contributed by atoms with Crippen LogP contribution in [0.25, 0.3) is 28.7 Å². The predicted octanol–water partition coefficient (Wildman–Crippen LogP) is 5.29. The number of hydrogen-bond acceptors (Lipinski definition) is 4. The van der Waals surface area contributed by atoms with Crippen molar-refractivity contribution in [2.24, 2.45) is 0 Å². The maximum atomic E-state index is 13.2. The summed E-state index contributed by atoms with van der Waals surface area (Å²) in [5, 5.41) is 12.9. The van der Waals surface area contributed by atoms with Crippen molar-refractivity contribution in [1.82, 2.24) is 9.55 Å². The van der Waals surface area contributed by atoms with Crippen LogP contribution in [0.15, 0.2) is 58.7 Å². The summed E-state index contributed by atoms with van der Waals surface area (Å²) in [5.74, 6) is 0.606. The zero-order valence-corrected chi connectivity index (χ0v) is 16.0. The van der Waals surface area contributed by atoms with Crippen molar-refractivity contribution in [3.05, 3.63) is 85.6 Å². The van der Waals surface area contributed by atoms with Gasteiger partial charge in [-0.15, -0.1) is 11.3 Å². The van der Waals surface area contributed by atoms with Crippen molar-refractivity contribution < 1.29 is 5.11 Å². The van der Waals surface area contributed by atoms with Crippen LogP contribution in [0.5, 0.6) is 5.75 Å². The topological polar surface area (TPSA) is 55.1 Å². The number of phenols is 1. The smallest absolute Gasteiger partial charge is 0.267 e. The summed E-state index contributed by atoms with van der Waals surface area (Å²) < 4.78 is 1.51. The van der Waals surface area contributed by atoms with Crippen LogP contribution in [0.3, 0.4) is 0 Å². The van der Waals surface area contributed by atoms with Crippen molar-refractivity contribution in [3.8, 4) is 11.4 Å². The van der Waals surface area contributed by atoms with Crippen LogP contribution < -0.4 is 5.56 Å². The number of aryl methyl sites for hydroxylation is 1. The molecular weight excluding hydrogens is 380 g/mol. The molecule has 2 aromatic carbocycles. The van der Waals surface area contributed by atoms with Gasteiger partial charge in [0.15, 0.2) is 0 Å². The highest BCUT2D eigenvalue weighted by Crippen LogP contribution is 2.26. The summed E-state index contributed by atoms with van der Waals surface area (Å²) in [6, 6.07) is 14.2. The Balaban J connectivity index is 1.99. The first-order valence-electron chi connectivity index (χ1n) is 8.28. The van der Waals surface area contributed by atoms with Crippen LogP contribution in [-0.2, 0) is 0 Å². The Morgan fingerprint density at radius 1 is 1.11 bits per heavy atom. The van der Waals surface area contributed by atoms with Crippen molar-refractivity contribution in [2.45, 2.75) is 6.92 Å². The van der Waals surface area contributed by atoms with Gasteiger partial charge in [-0.1, -0.05) is 41.9 Å². The average Bonchev–Trinajstić information content (AvgIpc) is 3.03. The van der Waals surface area contributed by atoms with Gasteiger partial charge >= 0.3 is 0 Å². The van der Waals surface area contributed by atoms with Gasteiger partial charge < -0.3 is 5.11 Å². The molecule has 0 radical (unpaired) electrons. The molecular formula is C21H15ClN2O2S. The van der Waals surface area contributed by atoms with Crippen LogP contribution in [0.1, 0.15) is 16.3 Å². The summed E-state index contributed by atoms with van der Waals surface area (Å²) in [4.78, 5) is 18.8. The van der Waals surface area contributed by atoms with E-state index in [1.165, 1.54) is 15.9 Å². The first-order valence-corrected chi connectivity index (χ1v) is 9.54. The third kappa shape index (κ3) is 3.16. The second-order valence-electron chi connectivity index (χ2n) is 6.01. The summed E-state index contributed by atoms with van der Waals surface area (Å²) in [6.45, 7) is 1.91. The largest absolute Gasteiger partial charge is 0.507 e. The molecule has 0 atom stereocenters. The van der Waals surface area contributed by atoms with Gasteiger partial charge in [-0.3, -0.25) is 9.36 Å². The van der Waals surface area contributed by atoms with Gasteiger partial charge in [0, 0.05) is 15.8 Å². The fraction of sp³-hybridized carbons (Fsp3) is 0.0476. The Labute approximate surface area is 164 Å². The monoisotopic (exact) mass is 394 g/mol. The minimum atomic E-state index is -0.163. The van der Waals surface area contributed by atoms with Crippen molar-refractivity contribution in [1.29, 1.82) is 0 Å². The van der Waals surface area contributed by atoms with E-state index in [1.54, 1.807) is 42.5 Å². The molecule has 27 heavy (non-hydrogen) atoms. The molecule has 0 aliphatic rings. The van der Waals surface area contributed by atoms with Gasteiger partial charge in [0.25, 0.3) is 5.56 Å². The van der Waals surface area contributed by atoms with Gasteiger partial charge in [-0.2, -0.15) is 0 Å². The zero-order chi connectivity index (χ0) is 19.0. The number of hydrogen-bond donors (Lipinski definition) is 1. The molecule has 0 saturated heterocycles. The lowest BCUT2D eigenvalue weighted by Crippen LogP contribution is -2.22. The van der Waals surface area contributed by atoms with Crippen molar-refractivity contribution in [3.63, 3.8) is 0 Å². The molecule has 2 aromatic heterocycles. The van der Waals surface area contributed by atoms with E-state index in [-0.39, 0.29) is 11.3 Å². The number of phenolic OH excluding ortho intramolecular Hbond substituents is 1. The Bertz CT molecular complexity index is 1240. The van der Waals surface area contributed by atoms with Crippen molar-refractivity contribution >= 4 is 46.0 Å². The van der Waals surface area contributed by atoms with Gasteiger partial charge in [-0.25, -0.2) is 4.98 Å². The van der Waals surface area contributed by atoms with E-state index in [1.807, 2.05) is 30.5 Å². The molecule has 0 unspecified atom stereocenters. The second-order valence-corrected chi connectivity index (χ2v) is 7.50. The van der Waals surface area contributed by atoms with E-state index in [0.717, 1.165) is 4.88 Å². The average molecular weight is 395 g/mol. The minimum Gasteiger partial charge on any atom is -0.507 e. The van der Waals surface area contributed by atoms with E-state index in [0.29, 0.717) is 33.0 Å². The number of nitrogens with zero attached hydrogens (tertiary/aromatic N) is 2. The highest BCUT2D eigenvalue weighted by atomic mass is 35.5. The molecule has 0 amide bonds.